The zero-order valence-electron chi connectivity index (χ0n) is 13.5. The third-order valence-electron chi connectivity index (χ3n) is 4.01. The van der Waals surface area contributed by atoms with E-state index in [0.29, 0.717) is 12.1 Å². The van der Waals surface area contributed by atoms with Crippen LogP contribution in [0.25, 0.3) is 10.9 Å². The molecule has 0 saturated heterocycles. The Morgan fingerprint density at radius 2 is 1.84 bits per heavy atom. The normalized spacial score (nSPS) is 10.7. The Morgan fingerprint density at radius 3 is 2.64 bits per heavy atom. The maximum Gasteiger partial charge on any atom is 0.255 e. The van der Waals surface area contributed by atoms with Crippen molar-refractivity contribution < 1.29 is 4.79 Å². The van der Waals surface area contributed by atoms with Crippen molar-refractivity contribution in [1.29, 1.82) is 0 Å². The molecule has 4 rings (SSSR count). The molecule has 0 radical (unpaired) electrons. The van der Waals surface area contributed by atoms with Gasteiger partial charge >= 0.3 is 0 Å². The van der Waals surface area contributed by atoms with E-state index < -0.39 is 0 Å². The average Bonchev–Trinajstić information content (AvgIpc) is 3.16. The largest absolute Gasteiger partial charge is 0.321 e. The van der Waals surface area contributed by atoms with Crippen LogP contribution in [-0.4, -0.2) is 20.7 Å². The van der Waals surface area contributed by atoms with Gasteiger partial charge < -0.3 is 5.32 Å². The van der Waals surface area contributed by atoms with Crippen LogP contribution in [0.15, 0.2) is 79.3 Å². The van der Waals surface area contributed by atoms with Gasteiger partial charge in [-0.2, -0.15) is 5.10 Å². The van der Waals surface area contributed by atoms with Crippen molar-refractivity contribution in [3.05, 3.63) is 90.4 Å². The van der Waals surface area contributed by atoms with Crippen LogP contribution in [0.5, 0.6) is 0 Å². The Balaban J connectivity index is 1.52. The first-order valence-electron chi connectivity index (χ1n) is 8.01. The molecule has 0 aliphatic heterocycles. The highest BCUT2D eigenvalue weighted by Crippen LogP contribution is 2.22. The molecule has 0 atom stereocenters. The summed E-state index contributed by atoms with van der Waals surface area (Å²) in [4.78, 5) is 16.8. The smallest absolute Gasteiger partial charge is 0.255 e. The predicted molar refractivity (Wildman–Crippen MR) is 97.5 cm³/mol. The number of benzene rings is 2. The lowest BCUT2D eigenvalue weighted by molar-refractivity contribution is 0.102. The number of fused-ring (bicyclic) bond motifs is 1. The van der Waals surface area contributed by atoms with E-state index in [1.165, 1.54) is 0 Å². The van der Waals surface area contributed by atoms with Crippen molar-refractivity contribution in [2.75, 3.05) is 5.32 Å². The van der Waals surface area contributed by atoms with E-state index in [9.17, 15) is 4.79 Å². The monoisotopic (exact) mass is 328 g/mol. The molecule has 1 amide bonds. The van der Waals surface area contributed by atoms with Gasteiger partial charge in [-0.3, -0.25) is 14.5 Å². The molecule has 122 valence electrons. The number of aromatic nitrogens is 3. The molecule has 0 bridgehead atoms. The summed E-state index contributed by atoms with van der Waals surface area (Å²) in [6, 6.07) is 19.0. The van der Waals surface area contributed by atoms with Crippen LogP contribution in [0.3, 0.4) is 0 Å². The van der Waals surface area contributed by atoms with Gasteiger partial charge in [-0.05, 0) is 48.0 Å². The van der Waals surface area contributed by atoms with Gasteiger partial charge in [-0.1, -0.05) is 18.2 Å². The van der Waals surface area contributed by atoms with Crippen molar-refractivity contribution in [1.82, 2.24) is 14.8 Å². The minimum absolute atomic E-state index is 0.137. The first-order valence-corrected chi connectivity index (χ1v) is 8.01. The quantitative estimate of drug-likeness (QED) is 0.621. The van der Waals surface area contributed by atoms with Crippen LogP contribution < -0.4 is 5.32 Å². The number of nitrogens with one attached hydrogen (secondary N) is 1. The molecular weight excluding hydrogens is 312 g/mol. The van der Waals surface area contributed by atoms with Gasteiger partial charge in [0.15, 0.2) is 0 Å². The van der Waals surface area contributed by atoms with Crippen molar-refractivity contribution >= 4 is 22.5 Å². The van der Waals surface area contributed by atoms with Gasteiger partial charge in [-0.15, -0.1) is 0 Å². The van der Waals surface area contributed by atoms with Gasteiger partial charge in [-0.25, -0.2) is 0 Å². The van der Waals surface area contributed by atoms with E-state index in [0.717, 1.165) is 22.2 Å². The van der Waals surface area contributed by atoms with Gasteiger partial charge in [0.05, 0.1) is 17.7 Å². The zero-order chi connectivity index (χ0) is 17.1. The molecule has 4 aromatic rings. The fourth-order valence-corrected chi connectivity index (χ4v) is 2.75. The molecule has 0 spiro atoms. The summed E-state index contributed by atoms with van der Waals surface area (Å²) < 4.78 is 1.85. The maximum absolute atomic E-state index is 12.5. The number of amides is 1. The van der Waals surface area contributed by atoms with Crippen molar-refractivity contribution in [3.63, 3.8) is 0 Å². The summed E-state index contributed by atoms with van der Waals surface area (Å²) in [5.74, 6) is -0.137. The Bertz CT molecular complexity index is 1000. The van der Waals surface area contributed by atoms with E-state index in [1.54, 1.807) is 12.4 Å². The topological polar surface area (TPSA) is 59.8 Å². The molecule has 0 aliphatic rings. The van der Waals surface area contributed by atoms with Crippen molar-refractivity contribution in [2.45, 2.75) is 6.54 Å². The highest BCUT2D eigenvalue weighted by atomic mass is 16.1. The SMILES string of the molecule is O=C(Nc1cccc2ncccc12)c1ccc(Cn2cccn2)cc1. The first kappa shape index (κ1) is 15.1. The zero-order valence-corrected chi connectivity index (χ0v) is 13.5. The van der Waals surface area contributed by atoms with Crippen LogP contribution in [0.1, 0.15) is 15.9 Å². The van der Waals surface area contributed by atoms with E-state index in [-0.39, 0.29) is 5.91 Å². The Labute approximate surface area is 144 Å². The van der Waals surface area contributed by atoms with Crippen LogP contribution in [-0.2, 0) is 6.54 Å². The lowest BCUT2D eigenvalue weighted by atomic mass is 10.1. The summed E-state index contributed by atoms with van der Waals surface area (Å²) in [7, 11) is 0. The number of pyridine rings is 1. The molecular formula is C20H16N4O. The first-order chi connectivity index (χ1) is 12.3. The number of carbonyl (C=O) groups excluding carboxylic acids is 1. The molecule has 0 aliphatic carbocycles. The lowest BCUT2D eigenvalue weighted by Crippen LogP contribution is -2.12. The van der Waals surface area contributed by atoms with Crippen LogP contribution in [0.2, 0.25) is 0 Å². The summed E-state index contributed by atoms with van der Waals surface area (Å²) >= 11 is 0. The Kier molecular flexibility index (Phi) is 3.96. The molecule has 0 fully saturated rings. The highest BCUT2D eigenvalue weighted by Gasteiger charge is 2.08. The van der Waals surface area contributed by atoms with E-state index in [4.69, 9.17) is 0 Å². The molecule has 0 saturated carbocycles. The molecule has 2 aromatic carbocycles. The molecule has 2 aromatic heterocycles. The maximum atomic E-state index is 12.5. The average molecular weight is 328 g/mol. The minimum Gasteiger partial charge on any atom is -0.321 e. The fourth-order valence-electron chi connectivity index (χ4n) is 2.75. The van der Waals surface area contributed by atoms with E-state index in [1.807, 2.05) is 71.5 Å². The van der Waals surface area contributed by atoms with Crippen LogP contribution >= 0.6 is 0 Å². The number of nitrogens with zero attached hydrogens (tertiary/aromatic N) is 3. The second kappa shape index (κ2) is 6.57. The third kappa shape index (κ3) is 3.26. The van der Waals surface area contributed by atoms with Crippen molar-refractivity contribution in [2.24, 2.45) is 0 Å². The summed E-state index contributed by atoms with van der Waals surface area (Å²) in [6.07, 6.45) is 5.41. The second-order valence-electron chi connectivity index (χ2n) is 5.73. The summed E-state index contributed by atoms with van der Waals surface area (Å²) in [5, 5.41) is 8.08. The highest BCUT2D eigenvalue weighted by molar-refractivity contribution is 6.08. The predicted octanol–water partition coefficient (Wildman–Crippen LogP) is 3.73. The van der Waals surface area contributed by atoms with Gasteiger partial charge in [0.2, 0.25) is 0 Å². The Hall–Kier alpha value is -3.47. The molecule has 1 N–H and O–H groups in total. The van der Waals surface area contributed by atoms with Crippen molar-refractivity contribution in [3.8, 4) is 0 Å². The standard InChI is InChI=1S/C20H16N4O/c25-20(23-19-6-1-5-18-17(19)4-2-11-21-18)16-9-7-15(8-10-16)14-24-13-3-12-22-24/h1-13H,14H2,(H,23,25). The molecule has 2 heterocycles. The van der Waals surface area contributed by atoms with Crippen LogP contribution in [0.4, 0.5) is 5.69 Å². The second-order valence-corrected chi connectivity index (χ2v) is 5.73. The van der Waals surface area contributed by atoms with Gasteiger partial charge in [0, 0.05) is 29.5 Å². The number of hydrogen-bond donors (Lipinski definition) is 1. The third-order valence-corrected chi connectivity index (χ3v) is 4.01. The number of hydrogen-bond acceptors (Lipinski definition) is 3. The van der Waals surface area contributed by atoms with Gasteiger partial charge in [0.1, 0.15) is 0 Å². The molecule has 25 heavy (non-hydrogen) atoms. The molecule has 0 unspecified atom stereocenters. The molecule has 5 nitrogen and oxygen atoms in total. The van der Waals surface area contributed by atoms with Crippen LogP contribution in [0, 0.1) is 0 Å². The van der Waals surface area contributed by atoms with E-state index >= 15 is 0 Å². The fraction of sp³-hybridized carbons (Fsp3) is 0.0500. The lowest BCUT2D eigenvalue weighted by Gasteiger charge is -2.09. The number of carbonyl (C=O) groups is 1. The Morgan fingerprint density at radius 1 is 0.960 bits per heavy atom. The summed E-state index contributed by atoms with van der Waals surface area (Å²) in [5.41, 5.74) is 3.32. The number of anilines is 1. The van der Waals surface area contributed by atoms with E-state index in [2.05, 4.69) is 15.4 Å². The van der Waals surface area contributed by atoms with Gasteiger partial charge in [0.25, 0.3) is 5.91 Å². The number of rotatable bonds is 4. The molecule has 5 heteroatoms. The minimum atomic E-state index is -0.137. The summed E-state index contributed by atoms with van der Waals surface area (Å²) in [6.45, 7) is 0.684.